The number of nitrogens with two attached hydrogens (primary N) is 1. The van der Waals surface area contributed by atoms with Gasteiger partial charge in [0.2, 0.25) is 5.95 Å². The smallest absolute Gasteiger partial charge is 0.201 e. The van der Waals surface area contributed by atoms with E-state index in [1.807, 2.05) is 0 Å². The van der Waals surface area contributed by atoms with Gasteiger partial charge in [0.15, 0.2) is 16.6 Å². The van der Waals surface area contributed by atoms with Crippen LogP contribution in [0.15, 0.2) is 18.2 Å². The van der Waals surface area contributed by atoms with E-state index in [0.29, 0.717) is 24.7 Å². The van der Waals surface area contributed by atoms with Gasteiger partial charge in [0.1, 0.15) is 0 Å². The van der Waals surface area contributed by atoms with E-state index in [0.717, 1.165) is 36.7 Å². The summed E-state index contributed by atoms with van der Waals surface area (Å²) in [5.41, 5.74) is 9.71. The zero-order chi connectivity index (χ0) is 24.8. The maximum absolute atomic E-state index is 6.69. The largest absolute Gasteiger partial charge is 0.414 e. The minimum Gasteiger partial charge on any atom is -0.414 e. The van der Waals surface area contributed by atoms with Crippen LogP contribution in [0.5, 0.6) is 0 Å². The average Bonchev–Trinajstić information content (AvgIpc) is 3.00. The molecule has 0 aliphatic heterocycles. The summed E-state index contributed by atoms with van der Waals surface area (Å²) in [6, 6.07) is 6.91. The Labute approximate surface area is 203 Å². The highest BCUT2D eigenvalue weighted by Gasteiger charge is 2.40. The maximum atomic E-state index is 6.69. The lowest BCUT2D eigenvalue weighted by Gasteiger charge is -2.41. The molecular formula is C26H47N3O2Si2. The first kappa shape index (κ1) is 26.4. The van der Waals surface area contributed by atoms with Crippen LogP contribution in [-0.4, -0.2) is 32.3 Å². The third-order valence-electron chi connectivity index (χ3n) is 8.46. The van der Waals surface area contributed by atoms with Gasteiger partial charge in [-0.3, -0.25) is 0 Å². The van der Waals surface area contributed by atoms with Crippen molar-refractivity contribution >= 4 is 33.6 Å². The minimum absolute atomic E-state index is 0.205. The molecule has 0 saturated heterocycles. The number of benzene rings is 1. The van der Waals surface area contributed by atoms with Crippen molar-refractivity contribution in [3.05, 3.63) is 23.8 Å². The van der Waals surface area contributed by atoms with Crippen molar-refractivity contribution in [1.29, 1.82) is 0 Å². The number of imidazole rings is 1. The lowest BCUT2D eigenvalue weighted by atomic mass is 9.93. The molecule has 0 bridgehead atoms. The van der Waals surface area contributed by atoms with Gasteiger partial charge < -0.3 is 19.2 Å². The van der Waals surface area contributed by atoms with Crippen LogP contribution in [0.2, 0.25) is 36.3 Å². The van der Waals surface area contributed by atoms with Gasteiger partial charge in [-0.1, -0.05) is 47.6 Å². The second-order valence-corrected chi connectivity index (χ2v) is 22.6. The van der Waals surface area contributed by atoms with Gasteiger partial charge in [0.25, 0.3) is 0 Å². The van der Waals surface area contributed by atoms with Crippen LogP contribution < -0.4 is 5.73 Å². The summed E-state index contributed by atoms with van der Waals surface area (Å²) in [5.74, 6) is 0.626. The predicted molar refractivity (Wildman–Crippen MR) is 146 cm³/mol. The number of hydrogen-bond donors (Lipinski definition) is 1. The number of fused-ring (bicyclic) bond motifs is 1. The highest BCUT2D eigenvalue weighted by Crippen LogP contribution is 2.41. The van der Waals surface area contributed by atoms with Crippen LogP contribution >= 0.6 is 0 Å². The summed E-state index contributed by atoms with van der Waals surface area (Å²) in [4.78, 5) is 4.73. The van der Waals surface area contributed by atoms with Gasteiger partial charge in [0, 0.05) is 12.1 Å². The topological polar surface area (TPSA) is 62.3 Å². The van der Waals surface area contributed by atoms with Crippen LogP contribution in [0.3, 0.4) is 0 Å². The Bertz CT molecular complexity index is 962. The van der Waals surface area contributed by atoms with Gasteiger partial charge >= 0.3 is 0 Å². The van der Waals surface area contributed by atoms with Crippen molar-refractivity contribution in [2.24, 2.45) is 0 Å². The third kappa shape index (κ3) is 5.74. The molecule has 186 valence electrons. The zero-order valence-electron chi connectivity index (χ0n) is 22.7. The van der Waals surface area contributed by atoms with Gasteiger partial charge in [-0.25, -0.2) is 4.98 Å². The number of anilines is 1. The molecule has 33 heavy (non-hydrogen) atoms. The fourth-order valence-corrected chi connectivity index (χ4v) is 6.51. The quantitative estimate of drug-likeness (QED) is 0.423. The normalized spacial score (nSPS) is 21.0. The summed E-state index contributed by atoms with van der Waals surface area (Å²) in [7, 11) is -3.51. The second-order valence-electron chi connectivity index (χ2n) is 13.0. The van der Waals surface area contributed by atoms with Crippen LogP contribution in [0, 0.1) is 0 Å². The Morgan fingerprint density at radius 3 is 2.06 bits per heavy atom. The summed E-state index contributed by atoms with van der Waals surface area (Å²) in [5, 5.41) is 0.455. The monoisotopic (exact) mass is 489 g/mol. The van der Waals surface area contributed by atoms with E-state index in [1.54, 1.807) is 0 Å². The van der Waals surface area contributed by atoms with E-state index in [4.69, 9.17) is 19.6 Å². The Balaban J connectivity index is 1.70. The molecule has 1 aromatic carbocycles. The number of nitrogens with zero attached hydrogens (tertiary/aromatic N) is 2. The van der Waals surface area contributed by atoms with Gasteiger partial charge in [-0.15, -0.1) is 0 Å². The average molecular weight is 490 g/mol. The van der Waals surface area contributed by atoms with E-state index in [-0.39, 0.29) is 10.1 Å². The van der Waals surface area contributed by atoms with Crippen molar-refractivity contribution in [3.8, 4) is 0 Å². The SMILES string of the molecule is CC(C)(C)[Si](C)(C)OCc1ccc2c(c1)nc(N)n2[C@H]1CC[C@H](O[Si](C)(C)C(C)(C)C)CC1. The molecule has 7 heteroatoms. The number of aromatic nitrogens is 2. The number of rotatable bonds is 6. The van der Waals surface area contributed by atoms with E-state index < -0.39 is 16.6 Å². The molecule has 0 amide bonds. The fraction of sp³-hybridized carbons (Fsp3) is 0.731. The minimum atomic E-state index is -1.78. The van der Waals surface area contributed by atoms with Crippen molar-refractivity contribution in [2.75, 3.05) is 5.73 Å². The Morgan fingerprint density at radius 2 is 1.52 bits per heavy atom. The molecule has 1 aromatic heterocycles. The Hall–Kier alpha value is -1.16. The Morgan fingerprint density at radius 1 is 0.939 bits per heavy atom. The summed E-state index contributed by atoms with van der Waals surface area (Å²) < 4.78 is 15.4. The van der Waals surface area contributed by atoms with E-state index >= 15 is 0 Å². The standard InChI is InChI=1S/C26H47N3O2Si2/c1-25(2,3)32(7,8)30-18-19-11-16-23-22(17-19)28-24(27)29(23)20-12-14-21(15-13-20)31-33(9,10)26(4,5)6/h11,16-17,20-21H,12-15,18H2,1-10H3,(H2,27,28)/t20-,21-. The highest BCUT2D eigenvalue weighted by molar-refractivity contribution is 6.74. The van der Waals surface area contributed by atoms with E-state index in [1.165, 1.54) is 5.56 Å². The van der Waals surface area contributed by atoms with Crippen LogP contribution in [0.25, 0.3) is 11.0 Å². The third-order valence-corrected chi connectivity index (χ3v) is 17.5. The van der Waals surface area contributed by atoms with Crippen molar-refractivity contribution < 1.29 is 8.85 Å². The van der Waals surface area contributed by atoms with Crippen LogP contribution in [0.4, 0.5) is 5.95 Å². The molecule has 0 spiro atoms. The molecular weight excluding hydrogens is 442 g/mol. The molecule has 1 aliphatic rings. The van der Waals surface area contributed by atoms with Gasteiger partial charge in [-0.05, 0) is 79.6 Å². The molecule has 2 aromatic rings. The zero-order valence-corrected chi connectivity index (χ0v) is 24.7. The predicted octanol–water partition coefficient (Wildman–Crippen LogP) is 7.65. The summed E-state index contributed by atoms with van der Waals surface area (Å²) >= 11 is 0. The molecule has 5 nitrogen and oxygen atoms in total. The van der Waals surface area contributed by atoms with Crippen molar-refractivity contribution in [1.82, 2.24) is 9.55 Å². The molecule has 1 fully saturated rings. The summed E-state index contributed by atoms with van der Waals surface area (Å²) in [6.45, 7) is 23.7. The van der Waals surface area contributed by atoms with Crippen LogP contribution in [-0.2, 0) is 15.5 Å². The molecule has 0 radical (unpaired) electrons. The maximum Gasteiger partial charge on any atom is 0.201 e. The molecule has 2 N–H and O–H groups in total. The van der Waals surface area contributed by atoms with E-state index in [2.05, 4.69) is 90.5 Å². The Kier molecular flexibility index (Phi) is 7.32. The molecule has 1 saturated carbocycles. The lowest BCUT2D eigenvalue weighted by molar-refractivity contribution is 0.119. The first-order valence-corrected chi connectivity index (χ1v) is 18.4. The van der Waals surface area contributed by atoms with Gasteiger partial charge in [0.05, 0.1) is 17.6 Å². The van der Waals surface area contributed by atoms with Gasteiger partial charge in [-0.2, -0.15) is 0 Å². The number of hydrogen-bond acceptors (Lipinski definition) is 4. The molecule has 0 atom stereocenters. The highest BCUT2D eigenvalue weighted by atomic mass is 28.4. The first-order valence-electron chi connectivity index (χ1n) is 12.6. The summed E-state index contributed by atoms with van der Waals surface area (Å²) in [6.07, 6.45) is 4.73. The molecule has 3 rings (SSSR count). The number of nitrogen functional groups attached to an aromatic ring is 1. The second kappa shape index (κ2) is 9.13. The first-order chi connectivity index (χ1) is 15.0. The lowest BCUT2D eigenvalue weighted by Crippen LogP contribution is -2.44. The fourth-order valence-electron chi connectivity index (χ4n) is 4.13. The molecule has 0 unspecified atom stereocenters. The molecule has 1 aliphatic carbocycles. The van der Waals surface area contributed by atoms with Crippen molar-refractivity contribution in [2.45, 2.75) is 122 Å². The van der Waals surface area contributed by atoms with E-state index in [9.17, 15) is 0 Å². The molecule has 1 heterocycles. The van der Waals surface area contributed by atoms with Crippen molar-refractivity contribution in [3.63, 3.8) is 0 Å². The van der Waals surface area contributed by atoms with Crippen LogP contribution in [0.1, 0.15) is 78.8 Å².